The highest BCUT2D eigenvalue weighted by Crippen LogP contribution is 2.31. The molecule has 1 unspecified atom stereocenters. The van der Waals surface area contributed by atoms with Gasteiger partial charge in [0.25, 0.3) is 5.91 Å². The van der Waals surface area contributed by atoms with Crippen molar-refractivity contribution in [1.29, 1.82) is 0 Å². The Hall–Kier alpha value is -2.30. The lowest BCUT2D eigenvalue weighted by Gasteiger charge is -2.20. The van der Waals surface area contributed by atoms with Crippen molar-refractivity contribution < 1.29 is 9.53 Å². The molecule has 1 atom stereocenters. The summed E-state index contributed by atoms with van der Waals surface area (Å²) in [6.07, 6.45) is 3.88. The number of benzene rings is 1. The quantitative estimate of drug-likeness (QED) is 0.867. The van der Waals surface area contributed by atoms with E-state index in [2.05, 4.69) is 25.0 Å². The molecular formula is C17H21N3O2. The van der Waals surface area contributed by atoms with E-state index in [1.165, 1.54) is 11.1 Å². The van der Waals surface area contributed by atoms with Crippen LogP contribution in [0.1, 0.15) is 16.7 Å². The normalized spacial score (nSPS) is 16.2. The molecule has 22 heavy (non-hydrogen) atoms. The second kappa shape index (κ2) is 5.83. The maximum absolute atomic E-state index is 12.5. The average molecular weight is 299 g/mol. The van der Waals surface area contributed by atoms with Crippen LogP contribution < -0.4 is 4.74 Å². The molecule has 0 saturated heterocycles. The number of ether oxygens (including phenoxy) is 1. The predicted molar refractivity (Wildman–Crippen MR) is 83.9 cm³/mol. The van der Waals surface area contributed by atoms with E-state index in [9.17, 15) is 4.79 Å². The largest absolute Gasteiger partial charge is 0.480 e. The molecule has 0 bridgehead atoms. The zero-order chi connectivity index (χ0) is 15.7. The SMILES string of the molecule is Cc1cc2c(cc1C)OC(C(=O)N(C)CCn1cccn1)C2. The minimum absolute atomic E-state index is 0.0265. The summed E-state index contributed by atoms with van der Waals surface area (Å²) in [5.74, 6) is 0.876. The molecule has 5 nitrogen and oxygen atoms in total. The summed E-state index contributed by atoms with van der Waals surface area (Å²) in [7, 11) is 1.81. The van der Waals surface area contributed by atoms with E-state index < -0.39 is 6.10 Å². The Morgan fingerprint density at radius 3 is 2.91 bits per heavy atom. The van der Waals surface area contributed by atoms with Crippen molar-refractivity contribution in [3.63, 3.8) is 0 Å². The van der Waals surface area contributed by atoms with Gasteiger partial charge in [-0.2, -0.15) is 5.10 Å². The van der Waals surface area contributed by atoms with Crippen LogP contribution in [0, 0.1) is 13.8 Å². The Bertz CT molecular complexity index is 648. The molecule has 1 aliphatic heterocycles. The summed E-state index contributed by atoms with van der Waals surface area (Å²) in [5.41, 5.74) is 3.56. The van der Waals surface area contributed by atoms with Crippen LogP contribution in [0.25, 0.3) is 0 Å². The minimum atomic E-state index is -0.404. The van der Waals surface area contributed by atoms with Crippen molar-refractivity contribution in [3.05, 3.63) is 47.3 Å². The molecule has 0 fully saturated rings. The molecular weight excluding hydrogens is 278 g/mol. The first-order valence-electron chi connectivity index (χ1n) is 7.54. The lowest BCUT2D eigenvalue weighted by molar-refractivity contribution is -0.136. The summed E-state index contributed by atoms with van der Waals surface area (Å²) >= 11 is 0. The number of amides is 1. The highest BCUT2D eigenvalue weighted by molar-refractivity contribution is 5.82. The highest BCUT2D eigenvalue weighted by Gasteiger charge is 2.31. The molecule has 2 heterocycles. The number of carbonyl (C=O) groups is 1. The molecule has 5 heteroatoms. The number of hydrogen-bond acceptors (Lipinski definition) is 3. The zero-order valence-electron chi connectivity index (χ0n) is 13.2. The number of nitrogens with zero attached hydrogens (tertiary/aromatic N) is 3. The van der Waals surface area contributed by atoms with Gasteiger partial charge in [0.05, 0.1) is 6.54 Å². The average Bonchev–Trinajstić information content (AvgIpc) is 3.13. The summed E-state index contributed by atoms with van der Waals surface area (Å²) < 4.78 is 7.67. The minimum Gasteiger partial charge on any atom is -0.480 e. The van der Waals surface area contributed by atoms with Crippen molar-refractivity contribution in [2.24, 2.45) is 0 Å². The fourth-order valence-electron chi connectivity index (χ4n) is 2.69. The molecule has 1 aromatic heterocycles. The molecule has 0 N–H and O–H groups in total. The first-order valence-corrected chi connectivity index (χ1v) is 7.54. The van der Waals surface area contributed by atoms with Crippen LogP contribution in [0.4, 0.5) is 0 Å². The van der Waals surface area contributed by atoms with Crippen LogP contribution in [0.5, 0.6) is 5.75 Å². The summed E-state index contributed by atoms with van der Waals surface area (Å²) in [5, 5.41) is 4.14. The van der Waals surface area contributed by atoms with E-state index in [0.717, 1.165) is 11.3 Å². The van der Waals surface area contributed by atoms with E-state index in [-0.39, 0.29) is 5.91 Å². The van der Waals surface area contributed by atoms with Gasteiger partial charge in [-0.15, -0.1) is 0 Å². The van der Waals surface area contributed by atoms with Gasteiger partial charge < -0.3 is 9.64 Å². The number of likely N-dealkylation sites (N-methyl/N-ethyl adjacent to an activating group) is 1. The highest BCUT2D eigenvalue weighted by atomic mass is 16.5. The van der Waals surface area contributed by atoms with E-state index >= 15 is 0 Å². The van der Waals surface area contributed by atoms with Gasteiger partial charge in [-0.3, -0.25) is 9.48 Å². The van der Waals surface area contributed by atoms with Crippen molar-refractivity contribution in [1.82, 2.24) is 14.7 Å². The van der Waals surface area contributed by atoms with Crippen LogP contribution in [0.2, 0.25) is 0 Å². The maximum Gasteiger partial charge on any atom is 0.263 e. The number of carbonyl (C=O) groups excluding carboxylic acids is 1. The van der Waals surface area contributed by atoms with Crippen LogP contribution in [-0.2, 0) is 17.8 Å². The smallest absolute Gasteiger partial charge is 0.263 e. The fourth-order valence-corrected chi connectivity index (χ4v) is 2.69. The lowest BCUT2D eigenvalue weighted by Crippen LogP contribution is -2.40. The van der Waals surface area contributed by atoms with Crippen LogP contribution in [-0.4, -0.2) is 40.3 Å². The van der Waals surface area contributed by atoms with Crippen molar-refractivity contribution in [2.45, 2.75) is 32.9 Å². The third-order valence-electron chi connectivity index (χ3n) is 4.23. The number of rotatable bonds is 4. The lowest BCUT2D eigenvalue weighted by atomic mass is 10.0. The molecule has 1 aromatic carbocycles. The van der Waals surface area contributed by atoms with E-state index in [1.807, 2.05) is 30.1 Å². The topological polar surface area (TPSA) is 47.4 Å². The predicted octanol–water partition coefficient (Wildman–Crippen LogP) is 1.96. The monoisotopic (exact) mass is 299 g/mol. The molecule has 0 spiro atoms. The zero-order valence-corrected chi connectivity index (χ0v) is 13.2. The maximum atomic E-state index is 12.5. The standard InChI is InChI=1S/C17H21N3O2/c1-12-9-14-11-16(22-15(14)10-13(12)2)17(21)19(3)7-8-20-6-4-5-18-20/h4-6,9-10,16H,7-8,11H2,1-3H3. The summed E-state index contributed by atoms with van der Waals surface area (Å²) in [6, 6.07) is 6.03. The third kappa shape index (κ3) is 2.84. The van der Waals surface area contributed by atoms with Crippen molar-refractivity contribution >= 4 is 5.91 Å². The molecule has 0 radical (unpaired) electrons. The Morgan fingerprint density at radius 1 is 1.41 bits per heavy atom. The third-order valence-corrected chi connectivity index (χ3v) is 4.23. The summed E-state index contributed by atoms with van der Waals surface area (Å²) in [4.78, 5) is 14.2. The molecule has 2 aromatic rings. The number of aryl methyl sites for hydroxylation is 2. The van der Waals surface area contributed by atoms with Gasteiger partial charge in [0.15, 0.2) is 6.10 Å². The fraction of sp³-hybridized carbons (Fsp3) is 0.412. The Balaban J connectivity index is 1.61. The van der Waals surface area contributed by atoms with Gasteiger partial charge in [-0.25, -0.2) is 0 Å². The first kappa shape index (κ1) is 14.6. The van der Waals surface area contributed by atoms with Gasteiger partial charge in [-0.05, 0) is 42.7 Å². The van der Waals surface area contributed by atoms with Crippen LogP contribution >= 0.6 is 0 Å². The van der Waals surface area contributed by atoms with Crippen LogP contribution in [0.3, 0.4) is 0 Å². The molecule has 1 amide bonds. The molecule has 3 rings (SSSR count). The van der Waals surface area contributed by atoms with E-state index in [0.29, 0.717) is 19.5 Å². The molecule has 116 valence electrons. The van der Waals surface area contributed by atoms with Gasteiger partial charge >= 0.3 is 0 Å². The first-order chi connectivity index (χ1) is 10.5. The van der Waals surface area contributed by atoms with E-state index in [4.69, 9.17) is 4.74 Å². The Labute approximate surface area is 130 Å². The molecule has 0 saturated carbocycles. The van der Waals surface area contributed by atoms with Gasteiger partial charge in [0.1, 0.15) is 5.75 Å². The van der Waals surface area contributed by atoms with E-state index in [1.54, 1.807) is 11.1 Å². The Kier molecular flexibility index (Phi) is 3.88. The number of hydrogen-bond donors (Lipinski definition) is 0. The number of aromatic nitrogens is 2. The second-order valence-electron chi connectivity index (χ2n) is 5.88. The van der Waals surface area contributed by atoms with Crippen LogP contribution in [0.15, 0.2) is 30.6 Å². The Morgan fingerprint density at radius 2 is 2.18 bits per heavy atom. The van der Waals surface area contributed by atoms with Gasteiger partial charge in [-0.1, -0.05) is 6.07 Å². The van der Waals surface area contributed by atoms with Gasteiger partial charge in [0.2, 0.25) is 0 Å². The van der Waals surface area contributed by atoms with Gasteiger partial charge in [0, 0.05) is 32.4 Å². The van der Waals surface area contributed by atoms with Crippen molar-refractivity contribution in [3.8, 4) is 5.75 Å². The molecule has 0 aliphatic carbocycles. The second-order valence-corrected chi connectivity index (χ2v) is 5.88. The summed E-state index contributed by atoms with van der Waals surface area (Å²) in [6.45, 7) is 5.45. The van der Waals surface area contributed by atoms with Crippen molar-refractivity contribution in [2.75, 3.05) is 13.6 Å². The molecule has 1 aliphatic rings. The number of fused-ring (bicyclic) bond motifs is 1.